The third-order valence-corrected chi connectivity index (χ3v) is 5.98. The number of halogens is 2. The number of carbonyl (C=O) groups excluding carboxylic acids is 1. The molecule has 4 unspecified atom stereocenters. The maximum Gasteiger partial charge on any atom is 0.224 e. The third kappa shape index (κ3) is 3.57. The van der Waals surface area contributed by atoms with Gasteiger partial charge < -0.3 is 15.6 Å². The van der Waals surface area contributed by atoms with Gasteiger partial charge >= 0.3 is 0 Å². The molecule has 0 spiro atoms. The van der Waals surface area contributed by atoms with Gasteiger partial charge in [0, 0.05) is 25.6 Å². The highest BCUT2D eigenvalue weighted by atomic mass is 35.5. The van der Waals surface area contributed by atoms with Crippen LogP contribution in [0.1, 0.15) is 32.0 Å². The first-order valence-corrected chi connectivity index (χ1v) is 9.16. The van der Waals surface area contributed by atoms with E-state index >= 15 is 0 Å². The molecule has 4 rings (SSSR count). The average molecular weight is 399 g/mol. The Balaban J connectivity index is 0.00000121. The molecule has 2 aliphatic carbocycles. The van der Waals surface area contributed by atoms with E-state index in [1.807, 2.05) is 18.2 Å². The Kier molecular flexibility index (Phi) is 6.94. The molecule has 1 amide bonds. The molecule has 26 heavy (non-hydrogen) atoms. The molecule has 5 nitrogen and oxygen atoms in total. The summed E-state index contributed by atoms with van der Waals surface area (Å²) in [6.45, 7) is 3.65. The molecule has 2 fully saturated rings. The maximum atomic E-state index is 12.5. The quantitative estimate of drug-likeness (QED) is 0.812. The fourth-order valence-electron chi connectivity index (χ4n) is 4.81. The largest absolute Gasteiger partial charge is 0.355 e. The molecule has 0 saturated heterocycles. The van der Waals surface area contributed by atoms with Crippen LogP contribution in [0.5, 0.6) is 0 Å². The minimum absolute atomic E-state index is 0. The predicted molar refractivity (Wildman–Crippen MR) is 109 cm³/mol. The van der Waals surface area contributed by atoms with Crippen LogP contribution in [-0.2, 0) is 17.8 Å². The van der Waals surface area contributed by atoms with E-state index in [0.717, 1.165) is 36.2 Å². The number of aryl methyl sites for hydroxylation is 1. The Labute approximate surface area is 166 Å². The lowest BCUT2D eigenvalue weighted by Crippen LogP contribution is -2.45. The van der Waals surface area contributed by atoms with Crippen LogP contribution >= 0.6 is 24.8 Å². The van der Waals surface area contributed by atoms with Crippen molar-refractivity contribution >= 4 is 41.8 Å². The normalized spacial score (nSPS) is 26.4. The Morgan fingerprint density at radius 3 is 2.69 bits per heavy atom. The van der Waals surface area contributed by atoms with Crippen molar-refractivity contribution in [3.8, 4) is 0 Å². The minimum atomic E-state index is 0. The molecule has 0 radical (unpaired) electrons. The van der Waals surface area contributed by atoms with Crippen molar-refractivity contribution in [3.05, 3.63) is 30.1 Å². The van der Waals surface area contributed by atoms with E-state index in [0.29, 0.717) is 18.4 Å². The molecule has 2 saturated carbocycles. The summed E-state index contributed by atoms with van der Waals surface area (Å²) in [6.07, 6.45) is 4.27. The van der Waals surface area contributed by atoms with Crippen molar-refractivity contribution in [3.63, 3.8) is 0 Å². The second kappa shape index (κ2) is 8.59. The monoisotopic (exact) mass is 398 g/mol. The maximum absolute atomic E-state index is 12.5. The molecule has 2 bridgehead atoms. The lowest BCUT2D eigenvalue weighted by molar-refractivity contribution is -0.127. The molecule has 1 aromatic carbocycles. The van der Waals surface area contributed by atoms with Gasteiger partial charge in [-0.25, -0.2) is 4.98 Å². The standard InChI is InChI=1S/C19H26N4O.2ClH/c1-2-23-15-6-4-3-5-14(15)22-16(23)9-10-21-19(24)17-12-7-8-13(11-12)18(17)20;;/h3-6,12-13,17-18H,2,7-11,20H2,1H3,(H,21,24);2*1H. The predicted octanol–water partition coefficient (Wildman–Crippen LogP) is 2.93. The Bertz CT molecular complexity index is 761. The van der Waals surface area contributed by atoms with Gasteiger partial charge in [-0.2, -0.15) is 0 Å². The number of rotatable bonds is 5. The fraction of sp³-hybridized carbons (Fsp3) is 0.579. The van der Waals surface area contributed by atoms with Crippen LogP contribution in [-0.4, -0.2) is 28.0 Å². The molecule has 1 heterocycles. The number of para-hydroxylation sites is 2. The Morgan fingerprint density at radius 1 is 1.27 bits per heavy atom. The lowest BCUT2D eigenvalue weighted by atomic mass is 9.84. The molecule has 4 atom stereocenters. The zero-order chi connectivity index (χ0) is 16.7. The number of nitrogens with zero attached hydrogens (tertiary/aromatic N) is 2. The zero-order valence-corrected chi connectivity index (χ0v) is 16.7. The van der Waals surface area contributed by atoms with E-state index in [-0.39, 0.29) is 42.7 Å². The highest BCUT2D eigenvalue weighted by Gasteiger charge is 2.48. The summed E-state index contributed by atoms with van der Waals surface area (Å²) >= 11 is 0. The van der Waals surface area contributed by atoms with Crippen LogP contribution in [0.3, 0.4) is 0 Å². The van der Waals surface area contributed by atoms with Gasteiger partial charge in [-0.1, -0.05) is 12.1 Å². The highest BCUT2D eigenvalue weighted by molar-refractivity contribution is 5.85. The highest BCUT2D eigenvalue weighted by Crippen LogP contribution is 2.47. The van der Waals surface area contributed by atoms with E-state index in [1.54, 1.807) is 0 Å². The molecular formula is C19H28Cl2N4O. The van der Waals surface area contributed by atoms with E-state index < -0.39 is 0 Å². The van der Waals surface area contributed by atoms with Crippen LogP contribution in [0.25, 0.3) is 11.0 Å². The van der Waals surface area contributed by atoms with Gasteiger partial charge in [0.15, 0.2) is 0 Å². The molecule has 1 aromatic heterocycles. The topological polar surface area (TPSA) is 72.9 Å². The number of fused-ring (bicyclic) bond motifs is 3. The molecule has 3 N–H and O–H groups in total. The summed E-state index contributed by atoms with van der Waals surface area (Å²) in [5, 5.41) is 3.11. The number of nitrogens with one attached hydrogen (secondary N) is 1. The second-order valence-electron chi connectivity index (χ2n) is 7.24. The van der Waals surface area contributed by atoms with Gasteiger partial charge in [-0.05, 0) is 50.2 Å². The van der Waals surface area contributed by atoms with Gasteiger partial charge in [-0.3, -0.25) is 4.79 Å². The summed E-state index contributed by atoms with van der Waals surface area (Å²) < 4.78 is 2.23. The van der Waals surface area contributed by atoms with Crippen molar-refractivity contribution in [1.82, 2.24) is 14.9 Å². The Hall–Kier alpha value is -1.30. The number of aromatic nitrogens is 2. The van der Waals surface area contributed by atoms with Crippen LogP contribution < -0.4 is 11.1 Å². The van der Waals surface area contributed by atoms with Gasteiger partial charge in [0.1, 0.15) is 5.82 Å². The van der Waals surface area contributed by atoms with Gasteiger partial charge in [0.2, 0.25) is 5.91 Å². The summed E-state index contributed by atoms with van der Waals surface area (Å²) in [5.74, 6) is 2.28. The Morgan fingerprint density at radius 2 is 2.00 bits per heavy atom. The number of imidazole rings is 1. The zero-order valence-electron chi connectivity index (χ0n) is 15.1. The lowest BCUT2D eigenvalue weighted by Gasteiger charge is -2.27. The first kappa shape index (κ1) is 21.0. The van der Waals surface area contributed by atoms with Crippen molar-refractivity contribution in [2.75, 3.05) is 6.54 Å². The number of nitrogens with two attached hydrogens (primary N) is 1. The van der Waals surface area contributed by atoms with E-state index in [1.165, 1.54) is 12.8 Å². The van der Waals surface area contributed by atoms with Crippen LogP contribution in [0.4, 0.5) is 0 Å². The first-order valence-electron chi connectivity index (χ1n) is 9.16. The van der Waals surface area contributed by atoms with E-state index in [4.69, 9.17) is 10.7 Å². The minimum Gasteiger partial charge on any atom is -0.355 e. The number of hydrogen-bond acceptors (Lipinski definition) is 3. The van der Waals surface area contributed by atoms with E-state index in [2.05, 4.69) is 22.9 Å². The van der Waals surface area contributed by atoms with Gasteiger partial charge in [-0.15, -0.1) is 24.8 Å². The molecule has 2 aromatic rings. The first-order chi connectivity index (χ1) is 11.7. The van der Waals surface area contributed by atoms with E-state index in [9.17, 15) is 4.79 Å². The van der Waals surface area contributed by atoms with Gasteiger partial charge in [0.25, 0.3) is 0 Å². The molecule has 2 aliphatic rings. The molecule has 144 valence electrons. The van der Waals surface area contributed by atoms with Crippen LogP contribution in [0.15, 0.2) is 24.3 Å². The smallest absolute Gasteiger partial charge is 0.224 e. The number of carbonyl (C=O) groups is 1. The molecule has 7 heteroatoms. The summed E-state index contributed by atoms with van der Waals surface area (Å²) in [4.78, 5) is 17.3. The van der Waals surface area contributed by atoms with Crippen molar-refractivity contribution in [1.29, 1.82) is 0 Å². The fourth-order valence-corrected chi connectivity index (χ4v) is 4.81. The SMILES string of the molecule is CCn1c(CCNC(=O)C2C3CCC(C3)C2N)nc2ccccc21.Cl.Cl. The van der Waals surface area contributed by atoms with Crippen molar-refractivity contribution in [2.45, 2.75) is 45.2 Å². The third-order valence-electron chi connectivity index (χ3n) is 5.98. The summed E-state index contributed by atoms with van der Waals surface area (Å²) in [7, 11) is 0. The summed E-state index contributed by atoms with van der Waals surface area (Å²) in [6, 6.07) is 8.25. The summed E-state index contributed by atoms with van der Waals surface area (Å²) in [5.41, 5.74) is 8.45. The number of hydrogen-bond donors (Lipinski definition) is 2. The van der Waals surface area contributed by atoms with Crippen LogP contribution in [0.2, 0.25) is 0 Å². The number of benzene rings is 1. The molecular weight excluding hydrogens is 371 g/mol. The van der Waals surface area contributed by atoms with Gasteiger partial charge in [0.05, 0.1) is 17.0 Å². The molecule has 0 aliphatic heterocycles. The second-order valence-corrected chi connectivity index (χ2v) is 7.24. The average Bonchev–Trinajstić information content (AvgIpc) is 3.26. The van der Waals surface area contributed by atoms with Crippen molar-refractivity contribution in [2.24, 2.45) is 23.5 Å². The van der Waals surface area contributed by atoms with Crippen molar-refractivity contribution < 1.29 is 4.79 Å². The van der Waals surface area contributed by atoms with Crippen LogP contribution in [0, 0.1) is 17.8 Å². The number of amides is 1.